The van der Waals surface area contributed by atoms with E-state index >= 15 is 0 Å². The van der Waals surface area contributed by atoms with Crippen LogP contribution in [0.5, 0.6) is 0 Å². The molecule has 5 rings (SSSR count). The molecule has 0 saturated carbocycles. The van der Waals surface area contributed by atoms with Gasteiger partial charge in [0.1, 0.15) is 23.2 Å². The van der Waals surface area contributed by atoms with Gasteiger partial charge < -0.3 is 20.1 Å². The first kappa shape index (κ1) is 26.2. The molecule has 0 spiro atoms. The highest BCUT2D eigenvalue weighted by Gasteiger charge is 2.26. The number of aromatic nitrogens is 2. The van der Waals surface area contributed by atoms with Crippen LogP contribution in [0.2, 0.25) is 0 Å². The van der Waals surface area contributed by atoms with E-state index in [4.69, 9.17) is 4.74 Å². The van der Waals surface area contributed by atoms with Crippen molar-refractivity contribution in [3.63, 3.8) is 0 Å². The first-order chi connectivity index (χ1) is 18.9. The van der Waals surface area contributed by atoms with Crippen LogP contribution < -0.4 is 10.2 Å². The maximum Gasteiger partial charge on any atom is 0.326 e. The van der Waals surface area contributed by atoms with Gasteiger partial charge in [0.05, 0.1) is 18.9 Å². The van der Waals surface area contributed by atoms with Crippen LogP contribution in [0.1, 0.15) is 27.2 Å². The molecular formula is C29H26F2N4O4. The van der Waals surface area contributed by atoms with E-state index in [9.17, 15) is 23.5 Å². The number of pyridine rings is 2. The molecular weight excluding hydrogens is 506 g/mol. The highest BCUT2D eigenvalue weighted by atomic mass is 19.1. The summed E-state index contributed by atoms with van der Waals surface area (Å²) in [5, 5.41) is 14.0. The second-order valence-corrected chi connectivity index (χ2v) is 9.30. The summed E-state index contributed by atoms with van der Waals surface area (Å²) in [4.78, 5) is 35.2. The Kier molecular flexibility index (Phi) is 7.74. The Balaban J connectivity index is 1.31. The van der Waals surface area contributed by atoms with E-state index in [1.165, 1.54) is 0 Å². The van der Waals surface area contributed by atoms with Gasteiger partial charge >= 0.3 is 5.97 Å². The van der Waals surface area contributed by atoms with Gasteiger partial charge in [-0.3, -0.25) is 14.8 Å². The molecule has 1 amide bonds. The lowest BCUT2D eigenvalue weighted by Gasteiger charge is -2.29. The van der Waals surface area contributed by atoms with Gasteiger partial charge in [-0.15, -0.1) is 0 Å². The van der Waals surface area contributed by atoms with Gasteiger partial charge in [-0.1, -0.05) is 24.3 Å². The maximum atomic E-state index is 14.8. The molecule has 1 atom stereocenters. The second-order valence-electron chi connectivity index (χ2n) is 9.30. The van der Waals surface area contributed by atoms with E-state index in [1.807, 2.05) is 24.3 Å². The number of rotatable bonds is 8. The Labute approximate surface area is 223 Å². The lowest BCUT2D eigenvalue weighted by atomic mass is 9.99. The van der Waals surface area contributed by atoms with Crippen LogP contribution in [0.25, 0.3) is 10.8 Å². The van der Waals surface area contributed by atoms with Crippen LogP contribution in [0.4, 0.5) is 14.5 Å². The Bertz CT molecular complexity index is 1500. The summed E-state index contributed by atoms with van der Waals surface area (Å²) in [7, 11) is 0. The quantitative estimate of drug-likeness (QED) is 0.356. The number of carbonyl (C=O) groups excluding carboxylic acids is 1. The molecule has 2 N–H and O–H groups in total. The van der Waals surface area contributed by atoms with Gasteiger partial charge in [0, 0.05) is 61.0 Å². The molecule has 3 heterocycles. The predicted octanol–water partition coefficient (Wildman–Crippen LogP) is 3.76. The van der Waals surface area contributed by atoms with Crippen molar-refractivity contribution >= 4 is 28.3 Å². The average Bonchev–Trinajstić information content (AvgIpc) is 2.93. The van der Waals surface area contributed by atoms with E-state index in [1.54, 1.807) is 35.6 Å². The zero-order valence-electron chi connectivity index (χ0n) is 20.9. The fraction of sp³-hybridized carbons (Fsp3) is 0.241. The van der Waals surface area contributed by atoms with Gasteiger partial charge in [-0.25, -0.2) is 13.6 Å². The van der Waals surface area contributed by atoms with Crippen molar-refractivity contribution in [2.24, 2.45) is 0 Å². The molecule has 8 nitrogen and oxygen atoms in total. The fourth-order valence-corrected chi connectivity index (χ4v) is 4.73. The van der Waals surface area contributed by atoms with Crippen molar-refractivity contribution in [2.75, 3.05) is 31.2 Å². The summed E-state index contributed by atoms with van der Waals surface area (Å²) in [6, 6.07) is 11.8. The fourth-order valence-electron chi connectivity index (χ4n) is 4.73. The Morgan fingerprint density at radius 2 is 1.77 bits per heavy atom. The lowest BCUT2D eigenvalue weighted by Crippen LogP contribution is -2.43. The number of anilines is 1. The highest BCUT2D eigenvalue weighted by molar-refractivity contribution is 5.97. The summed E-state index contributed by atoms with van der Waals surface area (Å²) >= 11 is 0. The molecule has 4 aromatic rings. The molecule has 1 fully saturated rings. The molecule has 1 unspecified atom stereocenters. The maximum absolute atomic E-state index is 14.8. The number of carboxylic acid groups (broad SMARTS) is 1. The summed E-state index contributed by atoms with van der Waals surface area (Å²) < 4.78 is 35.0. The molecule has 1 aliphatic rings. The Morgan fingerprint density at radius 3 is 2.51 bits per heavy atom. The number of benzene rings is 2. The van der Waals surface area contributed by atoms with E-state index in [-0.39, 0.29) is 6.42 Å². The van der Waals surface area contributed by atoms with Gasteiger partial charge in [0.15, 0.2) is 0 Å². The van der Waals surface area contributed by atoms with Crippen molar-refractivity contribution in [3.05, 3.63) is 101 Å². The zero-order chi connectivity index (χ0) is 27.4. The van der Waals surface area contributed by atoms with E-state index < -0.39 is 35.1 Å². The van der Waals surface area contributed by atoms with Crippen molar-refractivity contribution < 1.29 is 28.2 Å². The molecule has 2 aromatic heterocycles. The molecule has 2 aromatic carbocycles. The van der Waals surface area contributed by atoms with Crippen molar-refractivity contribution in [1.29, 1.82) is 0 Å². The summed E-state index contributed by atoms with van der Waals surface area (Å²) in [6.45, 7) is 1.81. The average molecular weight is 533 g/mol. The molecule has 0 bridgehead atoms. The number of fused-ring (bicyclic) bond motifs is 1. The third kappa shape index (κ3) is 6.01. The molecule has 39 heavy (non-hydrogen) atoms. The minimum Gasteiger partial charge on any atom is -0.480 e. The summed E-state index contributed by atoms with van der Waals surface area (Å²) in [5.74, 6) is -4.56. The normalized spacial score (nSPS) is 14.3. The molecule has 200 valence electrons. The van der Waals surface area contributed by atoms with E-state index in [2.05, 4.69) is 15.3 Å². The van der Waals surface area contributed by atoms with Gasteiger partial charge in [0.25, 0.3) is 5.91 Å². The van der Waals surface area contributed by atoms with Crippen LogP contribution >= 0.6 is 0 Å². The number of amides is 1. The molecule has 0 aliphatic carbocycles. The van der Waals surface area contributed by atoms with E-state index in [0.29, 0.717) is 44.0 Å². The first-order valence-corrected chi connectivity index (χ1v) is 12.5. The van der Waals surface area contributed by atoms with Crippen LogP contribution in [0.3, 0.4) is 0 Å². The number of nitrogens with one attached hydrogen (secondary N) is 1. The second kappa shape index (κ2) is 11.5. The Morgan fingerprint density at radius 1 is 1.03 bits per heavy atom. The number of hydrogen-bond donors (Lipinski definition) is 2. The number of ether oxygens (including phenoxy) is 1. The first-order valence-electron chi connectivity index (χ1n) is 12.5. The van der Waals surface area contributed by atoms with Gasteiger partial charge in [-0.05, 0) is 35.4 Å². The highest BCUT2D eigenvalue weighted by Crippen LogP contribution is 2.24. The monoisotopic (exact) mass is 532 g/mol. The third-order valence-corrected chi connectivity index (χ3v) is 6.68. The number of carboxylic acids is 1. The number of halogens is 2. The number of nitrogens with zero attached hydrogens (tertiary/aromatic N) is 3. The predicted molar refractivity (Wildman–Crippen MR) is 141 cm³/mol. The number of hydrogen-bond acceptors (Lipinski definition) is 6. The molecule has 1 aliphatic heterocycles. The number of carbonyl (C=O) groups is 2. The molecule has 0 radical (unpaired) electrons. The van der Waals surface area contributed by atoms with Gasteiger partial charge in [0.2, 0.25) is 0 Å². The summed E-state index contributed by atoms with van der Waals surface area (Å²) in [6.07, 6.45) is 5.61. The number of aliphatic carboxylic acids is 1. The van der Waals surface area contributed by atoms with Crippen LogP contribution in [0.15, 0.2) is 67.1 Å². The Hall–Kier alpha value is -4.44. The lowest BCUT2D eigenvalue weighted by molar-refractivity contribution is -0.139. The van der Waals surface area contributed by atoms with Gasteiger partial charge in [-0.2, -0.15) is 0 Å². The molecule has 1 saturated heterocycles. The minimum absolute atomic E-state index is 0.0725. The zero-order valence-corrected chi connectivity index (χ0v) is 20.9. The standard InChI is InChI=1S/C29H26F2N4O4/c30-23-15-21(35-8-10-39-11-9-35)16-24(31)27(23)28(36)34-26(29(37)38)14-19-3-1-2-18(12-19)13-25-22-5-6-32-17-20(22)4-7-33-25/h1-7,12,15-17,26H,8-11,13-14H2,(H,34,36)(H,37,38). The van der Waals surface area contributed by atoms with Crippen molar-refractivity contribution in [2.45, 2.75) is 18.9 Å². The van der Waals surface area contributed by atoms with Crippen LogP contribution in [-0.2, 0) is 22.4 Å². The minimum atomic E-state index is -1.40. The third-order valence-electron chi connectivity index (χ3n) is 6.68. The van der Waals surface area contributed by atoms with Crippen LogP contribution in [0, 0.1) is 11.6 Å². The summed E-state index contributed by atoms with van der Waals surface area (Å²) in [5.41, 5.74) is 1.87. The largest absolute Gasteiger partial charge is 0.480 e. The smallest absolute Gasteiger partial charge is 0.326 e. The molecule has 10 heteroatoms. The topological polar surface area (TPSA) is 105 Å². The van der Waals surface area contributed by atoms with E-state index in [0.717, 1.165) is 34.2 Å². The SMILES string of the molecule is O=C(NC(Cc1cccc(Cc2nccc3cnccc23)c1)C(=O)O)c1c(F)cc(N2CCOCC2)cc1F. The number of morpholine rings is 1. The van der Waals surface area contributed by atoms with Crippen LogP contribution in [-0.4, -0.2) is 59.3 Å². The van der Waals surface area contributed by atoms with Crippen molar-refractivity contribution in [1.82, 2.24) is 15.3 Å². The van der Waals surface area contributed by atoms with Crippen molar-refractivity contribution in [3.8, 4) is 0 Å².